The van der Waals surface area contributed by atoms with Crippen LogP contribution < -0.4 is 10.0 Å². The lowest BCUT2D eigenvalue weighted by Crippen LogP contribution is -2.13. The maximum atomic E-state index is 12.5. The summed E-state index contributed by atoms with van der Waals surface area (Å²) in [6, 6.07) is 18.2. The van der Waals surface area contributed by atoms with Crippen LogP contribution in [0.15, 0.2) is 71.8 Å². The number of rotatable bonds is 7. The molecule has 0 saturated carbocycles. The first-order chi connectivity index (χ1) is 12.1. The summed E-state index contributed by atoms with van der Waals surface area (Å²) in [4.78, 5) is 0.216. The first-order valence-corrected chi connectivity index (χ1v) is 9.50. The molecular weight excluding hydrogens is 336 g/mol. The molecule has 3 aromatic rings. The average Bonchev–Trinajstić information content (AvgIpc) is 2.97. The van der Waals surface area contributed by atoms with E-state index in [9.17, 15) is 8.42 Å². The Kier molecular flexibility index (Phi) is 5.04. The molecule has 0 saturated heterocycles. The molecule has 0 atom stereocenters. The molecule has 25 heavy (non-hydrogen) atoms. The van der Waals surface area contributed by atoms with Crippen LogP contribution in [0.25, 0.3) is 0 Å². The van der Waals surface area contributed by atoms with Crippen LogP contribution in [0, 0.1) is 0 Å². The van der Waals surface area contributed by atoms with E-state index in [2.05, 4.69) is 15.1 Å². The second kappa shape index (κ2) is 7.40. The Bertz CT molecular complexity index is 922. The van der Waals surface area contributed by atoms with Gasteiger partial charge < -0.3 is 5.32 Å². The van der Waals surface area contributed by atoms with Gasteiger partial charge in [-0.3, -0.25) is 9.40 Å². The fourth-order valence-electron chi connectivity index (χ4n) is 2.45. The quantitative estimate of drug-likeness (QED) is 0.682. The molecule has 0 bridgehead atoms. The van der Waals surface area contributed by atoms with Crippen molar-refractivity contribution < 1.29 is 8.42 Å². The summed E-state index contributed by atoms with van der Waals surface area (Å²) in [5, 5.41) is 7.55. The first kappa shape index (κ1) is 17.0. The lowest BCUT2D eigenvalue weighted by molar-refractivity contribution is 0.601. The molecule has 1 heterocycles. The van der Waals surface area contributed by atoms with E-state index in [0.717, 1.165) is 5.56 Å². The number of aromatic nitrogens is 2. The molecule has 0 aliphatic rings. The van der Waals surface area contributed by atoms with Crippen molar-refractivity contribution in [3.8, 4) is 0 Å². The summed E-state index contributed by atoms with van der Waals surface area (Å²) in [7, 11) is -3.66. The molecule has 0 amide bonds. The van der Waals surface area contributed by atoms with Crippen LogP contribution >= 0.6 is 0 Å². The van der Waals surface area contributed by atoms with Gasteiger partial charge >= 0.3 is 0 Å². The fourth-order valence-corrected chi connectivity index (χ4v) is 3.52. The maximum absolute atomic E-state index is 12.5. The van der Waals surface area contributed by atoms with E-state index in [1.54, 1.807) is 41.2 Å². The van der Waals surface area contributed by atoms with Crippen molar-refractivity contribution in [3.63, 3.8) is 0 Å². The minimum absolute atomic E-state index is 0.216. The second-order valence-electron chi connectivity index (χ2n) is 5.52. The monoisotopic (exact) mass is 356 g/mol. The minimum Gasteiger partial charge on any atom is -0.367 e. The molecule has 0 unspecified atom stereocenters. The topological polar surface area (TPSA) is 76.0 Å². The van der Waals surface area contributed by atoms with E-state index in [1.165, 1.54) is 0 Å². The Hall–Kier alpha value is -2.80. The summed E-state index contributed by atoms with van der Waals surface area (Å²) in [6.07, 6.45) is 1.70. The van der Waals surface area contributed by atoms with Gasteiger partial charge in [-0.2, -0.15) is 5.10 Å². The fraction of sp³-hybridized carbons (Fsp3) is 0.167. The highest BCUT2D eigenvalue weighted by Crippen LogP contribution is 2.23. The van der Waals surface area contributed by atoms with Crippen LogP contribution in [0.4, 0.5) is 11.5 Å². The first-order valence-electron chi connectivity index (χ1n) is 8.01. The summed E-state index contributed by atoms with van der Waals surface area (Å²) in [6.45, 7) is 3.14. The van der Waals surface area contributed by atoms with E-state index in [-0.39, 0.29) is 4.90 Å². The zero-order chi connectivity index (χ0) is 17.7. The van der Waals surface area contributed by atoms with Gasteiger partial charge in [-0.15, -0.1) is 0 Å². The van der Waals surface area contributed by atoms with Gasteiger partial charge in [0.25, 0.3) is 10.0 Å². The number of hydrogen-bond donors (Lipinski definition) is 2. The minimum atomic E-state index is -3.66. The summed E-state index contributed by atoms with van der Waals surface area (Å²) in [5.41, 5.74) is 1.52. The van der Waals surface area contributed by atoms with E-state index >= 15 is 0 Å². The predicted molar refractivity (Wildman–Crippen MR) is 99.2 cm³/mol. The molecule has 0 aliphatic carbocycles. The van der Waals surface area contributed by atoms with E-state index in [4.69, 9.17) is 0 Å². The van der Waals surface area contributed by atoms with E-state index in [1.807, 2.05) is 37.3 Å². The lowest BCUT2D eigenvalue weighted by atomic mass is 10.2. The zero-order valence-electron chi connectivity index (χ0n) is 13.9. The SMILES string of the molecule is CCNc1nn(Cc2ccccc2)cc1NS(=O)(=O)c1ccccc1. The third kappa shape index (κ3) is 4.19. The number of sulfonamides is 1. The van der Waals surface area contributed by atoms with Gasteiger partial charge in [-0.25, -0.2) is 8.42 Å². The Morgan fingerprint density at radius 1 is 1.00 bits per heavy atom. The number of nitrogens with one attached hydrogen (secondary N) is 2. The van der Waals surface area contributed by atoms with Crippen LogP contribution in [0.1, 0.15) is 12.5 Å². The van der Waals surface area contributed by atoms with Crippen molar-refractivity contribution in [2.24, 2.45) is 0 Å². The van der Waals surface area contributed by atoms with Crippen LogP contribution in [0.2, 0.25) is 0 Å². The van der Waals surface area contributed by atoms with Gasteiger partial charge in [-0.05, 0) is 24.6 Å². The van der Waals surface area contributed by atoms with E-state index in [0.29, 0.717) is 24.6 Å². The molecule has 2 N–H and O–H groups in total. The lowest BCUT2D eigenvalue weighted by Gasteiger charge is -2.08. The summed E-state index contributed by atoms with van der Waals surface area (Å²) >= 11 is 0. The molecule has 130 valence electrons. The van der Waals surface area contributed by atoms with Crippen molar-refractivity contribution in [1.82, 2.24) is 9.78 Å². The highest BCUT2D eigenvalue weighted by Gasteiger charge is 2.18. The largest absolute Gasteiger partial charge is 0.367 e. The number of hydrogen-bond acceptors (Lipinski definition) is 4. The van der Waals surface area contributed by atoms with Crippen molar-refractivity contribution >= 4 is 21.5 Å². The van der Waals surface area contributed by atoms with Gasteiger partial charge in [-0.1, -0.05) is 48.5 Å². The highest BCUT2D eigenvalue weighted by molar-refractivity contribution is 7.92. The molecule has 1 aromatic heterocycles. The molecule has 2 aromatic carbocycles. The smallest absolute Gasteiger partial charge is 0.262 e. The molecule has 3 rings (SSSR count). The third-order valence-corrected chi connectivity index (χ3v) is 4.97. The van der Waals surface area contributed by atoms with Crippen LogP contribution in [-0.2, 0) is 16.6 Å². The van der Waals surface area contributed by atoms with Crippen LogP contribution in [-0.4, -0.2) is 24.7 Å². The Labute approximate surface area is 147 Å². The molecule has 0 radical (unpaired) electrons. The maximum Gasteiger partial charge on any atom is 0.262 e. The third-order valence-electron chi connectivity index (χ3n) is 3.59. The molecular formula is C18H20N4O2S. The normalized spacial score (nSPS) is 11.2. The number of anilines is 2. The molecule has 6 nitrogen and oxygen atoms in total. The van der Waals surface area contributed by atoms with Gasteiger partial charge in [0, 0.05) is 6.54 Å². The molecule has 0 aliphatic heterocycles. The van der Waals surface area contributed by atoms with Crippen molar-refractivity contribution in [1.29, 1.82) is 0 Å². The van der Waals surface area contributed by atoms with E-state index < -0.39 is 10.0 Å². The average molecular weight is 356 g/mol. The predicted octanol–water partition coefficient (Wildman–Crippen LogP) is 3.16. The van der Waals surface area contributed by atoms with Crippen molar-refractivity contribution in [2.45, 2.75) is 18.4 Å². The Morgan fingerprint density at radius 3 is 2.28 bits per heavy atom. The summed E-state index contributed by atoms with van der Waals surface area (Å²) in [5.74, 6) is 0.512. The summed E-state index contributed by atoms with van der Waals surface area (Å²) < 4.78 is 29.4. The number of benzene rings is 2. The van der Waals surface area contributed by atoms with Crippen molar-refractivity contribution in [3.05, 3.63) is 72.4 Å². The Morgan fingerprint density at radius 2 is 1.64 bits per heavy atom. The second-order valence-corrected chi connectivity index (χ2v) is 7.21. The van der Waals surface area contributed by atoms with Gasteiger partial charge in [0.05, 0.1) is 17.6 Å². The zero-order valence-corrected chi connectivity index (χ0v) is 14.7. The molecule has 0 fully saturated rings. The van der Waals surface area contributed by atoms with Crippen LogP contribution in [0.5, 0.6) is 0 Å². The van der Waals surface area contributed by atoms with Crippen molar-refractivity contribution in [2.75, 3.05) is 16.6 Å². The highest BCUT2D eigenvalue weighted by atomic mass is 32.2. The van der Waals surface area contributed by atoms with Crippen LogP contribution in [0.3, 0.4) is 0 Å². The molecule has 0 spiro atoms. The Balaban J connectivity index is 1.87. The van der Waals surface area contributed by atoms with Gasteiger partial charge in [0.2, 0.25) is 0 Å². The standard InChI is InChI=1S/C18H20N4O2S/c1-2-19-18-17(21-25(23,24)16-11-7-4-8-12-16)14-22(20-18)13-15-9-5-3-6-10-15/h3-12,14,21H,2,13H2,1H3,(H,19,20). The number of nitrogens with zero attached hydrogens (tertiary/aromatic N) is 2. The van der Waals surface area contributed by atoms with Gasteiger partial charge in [0.1, 0.15) is 5.69 Å². The molecule has 7 heteroatoms. The van der Waals surface area contributed by atoms with Gasteiger partial charge in [0.15, 0.2) is 5.82 Å².